The standard InChI is InChI=1S/C17H30N2OS/c1-5-10-18-11-13-8-7-9-14-15(13)19-17(21-14)16(12(3)4)20-6-2/h12-13,16,18H,5-11H2,1-4H3. The van der Waals surface area contributed by atoms with Crippen molar-refractivity contribution in [1.29, 1.82) is 0 Å². The van der Waals surface area contributed by atoms with E-state index in [9.17, 15) is 0 Å². The van der Waals surface area contributed by atoms with Gasteiger partial charge in [0.05, 0.1) is 5.69 Å². The number of aromatic nitrogens is 1. The first-order chi connectivity index (χ1) is 10.2. The third-order valence-electron chi connectivity index (χ3n) is 4.10. The van der Waals surface area contributed by atoms with Crippen molar-refractivity contribution >= 4 is 11.3 Å². The molecule has 0 aliphatic heterocycles. The molecule has 0 aromatic carbocycles. The normalized spacial score (nSPS) is 19.8. The Morgan fingerprint density at radius 2 is 2.19 bits per heavy atom. The molecule has 2 rings (SSSR count). The SMILES string of the molecule is CCCNCC1CCCc2sc(C(OCC)C(C)C)nc21. The molecule has 1 aliphatic carbocycles. The van der Waals surface area contributed by atoms with Crippen molar-refractivity contribution in [3.8, 4) is 0 Å². The quantitative estimate of drug-likeness (QED) is 0.727. The molecule has 1 aromatic heterocycles. The first-order valence-electron chi connectivity index (χ1n) is 8.49. The van der Waals surface area contributed by atoms with Crippen LogP contribution in [0, 0.1) is 5.92 Å². The Morgan fingerprint density at radius 3 is 2.86 bits per heavy atom. The third-order valence-corrected chi connectivity index (χ3v) is 5.29. The van der Waals surface area contributed by atoms with Crippen LogP contribution in [0.15, 0.2) is 0 Å². The van der Waals surface area contributed by atoms with E-state index in [0.717, 1.165) is 19.7 Å². The van der Waals surface area contributed by atoms with Crippen molar-refractivity contribution in [2.45, 2.75) is 65.4 Å². The number of ether oxygens (including phenoxy) is 1. The average molecular weight is 311 g/mol. The molecule has 0 saturated carbocycles. The van der Waals surface area contributed by atoms with Crippen molar-refractivity contribution in [2.24, 2.45) is 5.92 Å². The maximum atomic E-state index is 5.93. The minimum atomic E-state index is 0.162. The lowest BCUT2D eigenvalue weighted by Crippen LogP contribution is -2.25. The lowest BCUT2D eigenvalue weighted by molar-refractivity contribution is 0.0291. The molecule has 2 unspecified atom stereocenters. The zero-order valence-electron chi connectivity index (χ0n) is 13.9. The van der Waals surface area contributed by atoms with Gasteiger partial charge in [-0.3, -0.25) is 0 Å². The van der Waals surface area contributed by atoms with E-state index in [1.54, 1.807) is 0 Å². The molecule has 3 nitrogen and oxygen atoms in total. The summed E-state index contributed by atoms with van der Waals surface area (Å²) in [5.74, 6) is 1.08. The highest BCUT2D eigenvalue weighted by Gasteiger charge is 2.28. The highest BCUT2D eigenvalue weighted by molar-refractivity contribution is 7.11. The Kier molecular flexibility index (Phi) is 6.65. The van der Waals surface area contributed by atoms with Gasteiger partial charge in [-0.05, 0) is 45.1 Å². The van der Waals surface area contributed by atoms with Crippen LogP contribution < -0.4 is 5.32 Å². The summed E-state index contributed by atoms with van der Waals surface area (Å²) in [6.45, 7) is 11.7. The van der Waals surface area contributed by atoms with Gasteiger partial charge in [-0.25, -0.2) is 4.98 Å². The van der Waals surface area contributed by atoms with Gasteiger partial charge in [-0.1, -0.05) is 20.8 Å². The van der Waals surface area contributed by atoms with Crippen LogP contribution in [-0.4, -0.2) is 24.7 Å². The van der Waals surface area contributed by atoms with Crippen molar-refractivity contribution in [3.05, 3.63) is 15.6 Å². The molecular formula is C17H30N2OS. The molecule has 0 spiro atoms. The van der Waals surface area contributed by atoms with E-state index >= 15 is 0 Å². The second-order valence-electron chi connectivity index (χ2n) is 6.27. The first kappa shape index (κ1) is 16.9. The molecule has 1 aliphatic rings. The summed E-state index contributed by atoms with van der Waals surface area (Å²) in [7, 11) is 0. The van der Waals surface area contributed by atoms with Crippen LogP contribution in [0.2, 0.25) is 0 Å². The summed E-state index contributed by atoms with van der Waals surface area (Å²) in [5.41, 5.74) is 1.36. The van der Waals surface area contributed by atoms with Gasteiger partial charge in [0.2, 0.25) is 0 Å². The van der Waals surface area contributed by atoms with Gasteiger partial charge in [-0.15, -0.1) is 11.3 Å². The Balaban J connectivity index is 2.13. The van der Waals surface area contributed by atoms with E-state index in [1.807, 2.05) is 11.3 Å². The van der Waals surface area contributed by atoms with Crippen LogP contribution in [0.4, 0.5) is 0 Å². The van der Waals surface area contributed by atoms with Gasteiger partial charge in [0, 0.05) is 23.9 Å². The number of hydrogen-bond acceptors (Lipinski definition) is 4. The molecule has 1 heterocycles. The fraction of sp³-hybridized carbons (Fsp3) is 0.824. The Labute approximate surface area is 133 Å². The molecule has 0 saturated heterocycles. The highest BCUT2D eigenvalue weighted by atomic mass is 32.1. The lowest BCUT2D eigenvalue weighted by Gasteiger charge is -2.21. The number of rotatable bonds is 8. The van der Waals surface area contributed by atoms with Crippen LogP contribution in [0.3, 0.4) is 0 Å². The molecule has 4 heteroatoms. The van der Waals surface area contributed by atoms with E-state index in [4.69, 9.17) is 9.72 Å². The minimum absolute atomic E-state index is 0.162. The van der Waals surface area contributed by atoms with Gasteiger partial charge in [0.1, 0.15) is 11.1 Å². The Morgan fingerprint density at radius 1 is 1.38 bits per heavy atom. The molecule has 1 N–H and O–H groups in total. The number of nitrogens with zero attached hydrogens (tertiary/aromatic N) is 1. The molecule has 21 heavy (non-hydrogen) atoms. The lowest BCUT2D eigenvalue weighted by atomic mass is 9.91. The fourth-order valence-corrected chi connectivity index (χ4v) is 4.44. The topological polar surface area (TPSA) is 34.1 Å². The van der Waals surface area contributed by atoms with Gasteiger partial charge >= 0.3 is 0 Å². The van der Waals surface area contributed by atoms with Crippen molar-refractivity contribution in [3.63, 3.8) is 0 Å². The van der Waals surface area contributed by atoms with Crippen LogP contribution in [0.5, 0.6) is 0 Å². The van der Waals surface area contributed by atoms with E-state index in [2.05, 4.69) is 33.0 Å². The monoisotopic (exact) mass is 310 g/mol. The average Bonchev–Trinajstić information content (AvgIpc) is 2.89. The number of fused-ring (bicyclic) bond motifs is 1. The number of hydrogen-bond donors (Lipinski definition) is 1. The van der Waals surface area contributed by atoms with E-state index in [1.165, 1.54) is 41.3 Å². The molecule has 0 fully saturated rings. The number of nitrogens with one attached hydrogen (secondary N) is 1. The summed E-state index contributed by atoms with van der Waals surface area (Å²) >= 11 is 1.89. The number of thiazole rings is 1. The summed E-state index contributed by atoms with van der Waals surface area (Å²) in [6, 6.07) is 0. The van der Waals surface area contributed by atoms with Crippen molar-refractivity contribution in [1.82, 2.24) is 10.3 Å². The van der Waals surface area contributed by atoms with Gasteiger partial charge in [0.15, 0.2) is 0 Å². The second kappa shape index (κ2) is 8.25. The predicted molar refractivity (Wildman–Crippen MR) is 90.2 cm³/mol. The Bertz CT molecular complexity index is 430. The second-order valence-corrected chi connectivity index (χ2v) is 7.39. The van der Waals surface area contributed by atoms with Crippen molar-refractivity contribution < 1.29 is 4.74 Å². The predicted octanol–water partition coefficient (Wildman–Crippen LogP) is 4.30. The zero-order chi connectivity index (χ0) is 15.2. The molecular weight excluding hydrogens is 280 g/mol. The molecule has 1 aromatic rings. The Hall–Kier alpha value is -0.450. The first-order valence-corrected chi connectivity index (χ1v) is 9.30. The zero-order valence-corrected chi connectivity index (χ0v) is 14.8. The maximum Gasteiger partial charge on any atom is 0.122 e. The minimum Gasteiger partial charge on any atom is -0.371 e. The molecule has 0 amide bonds. The maximum absolute atomic E-state index is 5.93. The fourth-order valence-electron chi connectivity index (χ4n) is 3.03. The molecule has 0 radical (unpaired) electrons. The van der Waals surface area contributed by atoms with Crippen LogP contribution in [-0.2, 0) is 11.2 Å². The van der Waals surface area contributed by atoms with E-state index < -0.39 is 0 Å². The van der Waals surface area contributed by atoms with Crippen LogP contribution >= 0.6 is 11.3 Å². The summed E-state index contributed by atoms with van der Waals surface area (Å²) < 4.78 is 5.93. The van der Waals surface area contributed by atoms with Crippen LogP contribution in [0.25, 0.3) is 0 Å². The molecule has 0 bridgehead atoms. The largest absolute Gasteiger partial charge is 0.371 e. The summed E-state index contributed by atoms with van der Waals surface area (Å²) in [4.78, 5) is 6.51. The highest BCUT2D eigenvalue weighted by Crippen LogP contribution is 2.38. The molecule has 2 atom stereocenters. The van der Waals surface area contributed by atoms with Crippen molar-refractivity contribution in [2.75, 3.05) is 19.7 Å². The smallest absolute Gasteiger partial charge is 0.122 e. The van der Waals surface area contributed by atoms with E-state index in [-0.39, 0.29) is 6.10 Å². The van der Waals surface area contributed by atoms with E-state index in [0.29, 0.717) is 11.8 Å². The number of aryl methyl sites for hydroxylation is 1. The molecule has 120 valence electrons. The summed E-state index contributed by atoms with van der Waals surface area (Å²) in [5, 5.41) is 4.76. The summed E-state index contributed by atoms with van der Waals surface area (Å²) in [6.07, 6.45) is 5.13. The van der Waals surface area contributed by atoms with Gasteiger partial charge in [-0.2, -0.15) is 0 Å². The van der Waals surface area contributed by atoms with Gasteiger partial charge in [0.25, 0.3) is 0 Å². The van der Waals surface area contributed by atoms with Crippen LogP contribution in [0.1, 0.15) is 74.6 Å². The third kappa shape index (κ3) is 4.27. The van der Waals surface area contributed by atoms with Gasteiger partial charge < -0.3 is 10.1 Å².